The van der Waals surface area contributed by atoms with E-state index in [9.17, 15) is 9.59 Å². The Morgan fingerprint density at radius 1 is 1.19 bits per heavy atom. The maximum Gasteiger partial charge on any atom is 0.222 e. The lowest BCUT2D eigenvalue weighted by atomic mass is 9.88. The summed E-state index contributed by atoms with van der Waals surface area (Å²) in [4.78, 5) is 30.8. The summed E-state index contributed by atoms with van der Waals surface area (Å²) >= 11 is 0. The number of benzene rings is 1. The van der Waals surface area contributed by atoms with Gasteiger partial charge in [-0.15, -0.1) is 0 Å². The van der Waals surface area contributed by atoms with Gasteiger partial charge >= 0.3 is 0 Å². The Kier molecular flexibility index (Phi) is 6.58. The van der Waals surface area contributed by atoms with Gasteiger partial charge in [-0.1, -0.05) is 36.4 Å². The number of aryl methyl sites for hydroxylation is 1. The fourth-order valence-electron chi connectivity index (χ4n) is 3.77. The van der Waals surface area contributed by atoms with Gasteiger partial charge in [0.05, 0.1) is 11.7 Å². The quantitative estimate of drug-likeness (QED) is 0.855. The summed E-state index contributed by atoms with van der Waals surface area (Å²) in [6.45, 7) is 2.98. The molecule has 3 rings (SSSR count). The molecule has 0 saturated carbocycles. The van der Waals surface area contributed by atoms with E-state index in [1.807, 2.05) is 41.3 Å². The maximum atomic E-state index is 12.7. The molecule has 1 aliphatic rings. The average Bonchev–Trinajstić information content (AvgIpc) is 2.71. The van der Waals surface area contributed by atoms with Crippen LogP contribution in [-0.2, 0) is 16.0 Å². The summed E-state index contributed by atoms with van der Waals surface area (Å²) in [6.07, 6.45) is 4.95. The van der Waals surface area contributed by atoms with Gasteiger partial charge in [-0.2, -0.15) is 0 Å². The van der Waals surface area contributed by atoms with Crippen molar-refractivity contribution < 1.29 is 9.59 Å². The molecule has 1 N–H and O–H groups in total. The number of aromatic nitrogens is 1. The van der Waals surface area contributed by atoms with Gasteiger partial charge in [-0.3, -0.25) is 14.6 Å². The van der Waals surface area contributed by atoms with Gasteiger partial charge < -0.3 is 10.2 Å². The molecule has 2 atom stereocenters. The molecule has 5 nitrogen and oxygen atoms in total. The van der Waals surface area contributed by atoms with Crippen LogP contribution >= 0.6 is 0 Å². The van der Waals surface area contributed by atoms with Crippen LogP contribution in [0.15, 0.2) is 54.7 Å². The minimum absolute atomic E-state index is 0.0711. The third-order valence-electron chi connectivity index (χ3n) is 5.12. The Hall–Kier alpha value is -2.69. The molecule has 5 heteroatoms. The van der Waals surface area contributed by atoms with Gasteiger partial charge in [0, 0.05) is 38.5 Å². The lowest BCUT2D eigenvalue weighted by Crippen LogP contribution is -2.45. The van der Waals surface area contributed by atoms with E-state index in [1.54, 1.807) is 6.20 Å². The van der Waals surface area contributed by atoms with E-state index < -0.39 is 0 Å². The summed E-state index contributed by atoms with van der Waals surface area (Å²) in [5, 5.41) is 3.04. The van der Waals surface area contributed by atoms with Crippen LogP contribution in [-0.4, -0.2) is 34.8 Å². The highest BCUT2D eigenvalue weighted by molar-refractivity contribution is 5.76. The fourth-order valence-corrected chi connectivity index (χ4v) is 3.77. The first kappa shape index (κ1) is 19.1. The third-order valence-corrected chi connectivity index (χ3v) is 5.12. The molecule has 0 aliphatic carbocycles. The van der Waals surface area contributed by atoms with Crippen LogP contribution in [0.5, 0.6) is 0 Å². The number of pyridine rings is 1. The van der Waals surface area contributed by atoms with Crippen molar-refractivity contribution in [2.45, 2.75) is 38.6 Å². The van der Waals surface area contributed by atoms with Crippen LogP contribution < -0.4 is 5.32 Å². The predicted octanol–water partition coefficient (Wildman–Crippen LogP) is 3.13. The minimum Gasteiger partial charge on any atom is -0.348 e. The number of nitrogens with zero attached hydrogens (tertiary/aromatic N) is 2. The molecule has 0 radical (unpaired) electrons. The van der Waals surface area contributed by atoms with Crippen LogP contribution in [0.25, 0.3) is 0 Å². The largest absolute Gasteiger partial charge is 0.348 e. The van der Waals surface area contributed by atoms with Crippen LogP contribution in [0.4, 0.5) is 0 Å². The Labute approximate surface area is 160 Å². The molecule has 1 aromatic carbocycles. The van der Waals surface area contributed by atoms with Crippen molar-refractivity contribution in [1.82, 2.24) is 15.2 Å². The lowest BCUT2D eigenvalue weighted by Gasteiger charge is -2.37. The van der Waals surface area contributed by atoms with Crippen molar-refractivity contribution in [3.05, 3.63) is 66.0 Å². The third kappa shape index (κ3) is 5.39. The summed E-state index contributed by atoms with van der Waals surface area (Å²) < 4.78 is 0. The SMILES string of the molecule is CC(=O)N[C@H](c1ccccn1)[C@H]1CCCN(C(=O)CCc2ccccc2)C1. The van der Waals surface area contributed by atoms with E-state index in [-0.39, 0.29) is 23.8 Å². The van der Waals surface area contributed by atoms with Crippen molar-refractivity contribution in [2.24, 2.45) is 5.92 Å². The van der Waals surface area contributed by atoms with Crippen LogP contribution in [0, 0.1) is 5.92 Å². The van der Waals surface area contributed by atoms with Gasteiger partial charge in [-0.05, 0) is 37.0 Å². The zero-order valence-electron chi connectivity index (χ0n) is 15.8. The summed E-state index contributed by atoms with van der Waals surface area (Å²) in [5.74, 6) is 0.294. The molecular formula is C22H27N3O2. The topological polar surface area (TPSA) is 62.3 Å². The van der Waals surface area contributed by atoms with Gasteiger partial charge in [0.2, 0.25) is 11.8 Å². The van der Waals surface area contributed by atoms with Crippen LogP contribution in [0.2, 0.25) is 0 Å². The zero-order valence-corrected chi connectivity index (χ0v) is 15.8. The van der Waals surface area contributed by atoms with Crippen molar-refractivity contribution in [1.29, 1.82) is 0 Å². The lowest BCUT2D eigenvalue weighted by molar-refractivity contribution is -0.133. The van der Waals surface area contributed by atoms with Gasteiger partial charge in [0.25, 0.3) is 0 Å². The summed E-state index contributed by atoms with van der Waals surface area (Å²) in [5.41, 5.74) is 2.04. The standard InChI is InChI=1S/C22H27N3O2/c1-17(26)24-22(20-11-5-6-14-23-20)19-10-7-15-25(16-19)21(27)13-12-18-8-3-2-4-9-18/h2-6,8-9,11,14,19,22H,7,10,12-13,15-16H2,1H3,(H,24,26)/t19-,22-/m0/s1. The highest BCUT2D eigenvalue weighted by Crippen LogP contribution is 2.29. The second kappa shape index (κ2) is 9.31. The Morgan fingerprint density at radius 2 is 1.96 bits per heavy atom. The maximum absolute atomic E-state index is 12.7. The number of piperidine rings is 1. The number of carbonyl (C=O) groups excluding carboxylic acids is 2. The Bertz CT molecular complexity index is 749. The molecule has 1 saturated heterocycles. The Balaban J connectivity index is 1.64. The van der Waals surface area contributed by atoms with Crippen molar-refractivity contribution in [2.75, 3.05) is 13.1 Å². The first-order chi connectivity index (χ1) is 13.1. The first-order valence-electron chi connectivity index (χ1n) is 9.63. The normalized spacial score (nSPS) is 18.0. The number of hydrogen-bond acceptors (Lipinski definition) is 3. The highest BCUT2D eigenvalue weighted by Gasteiger charge is 2.31. The molecule has 1 aliphatic heterocycles. The molecule has 27 heavy (non-hydrogen) atoms. The van der Waals surface area contributed by atoms with Gasteiger partial charge in [0.1, 0.15) is 0 Å². The van der Waals surface area contributed by atoms with E-state index in [1.165, 1.54) is 12.5 Å². The number of carbonyl (C=O) groups is 2. The van der Waals surface area contributed by atoms with E-state index in [0.29, 0.717) is 13.0 Å². The van der Waals surface area contributed by atoms with Crippen molar-refractivity contribution in [3.8, 4) is 0 Å². The minimum atomic E-state index is -0.159. The molecule has 0 spiro atoms. The van der Waals surface area contributed by atoms with Crippen molar-refractivity contribution in [3.63, 3.8) is 0 Å². The molecule has 1 fully saturated rings. The van der Waals surface area contributed by atoms with Gasteiger partial charge in [0.15, 0.2) is 0 Å². The summed E-state index contributed by atoms with van der Waals surface area (Å²) in [6, 6.07) is 15.7. The summed E-state index contributed by atoms with van der Waals surface area (Å²) in [7, 11) is 0. The number of rotatable bonds is 6. The molecule has 2 amide bonds. The molecule has 2 aromatic rings. The monoisotopic (exact) mass is 365 g/mol. The number of hydrogen-bond donors (Lipinski definition) is 1. The molecule has 142 valence electrons. The predicted molar refractivity (Wildman–Crippen MR) is 105 cm³/mol. The molecule has 1 aromatic heterocycles. The molecule has 2 heterocycles. The average molecular weight is 365 g/mol. The van der Waals surface area contributed by atoms with Crippen molar-refractivity contribution >= 4 is 11.8 Å². The van der Waals surface area contributed by atoms with E-state index in [4.69, 9.17) is 0 Å². The second-order valence-electron chi connectivity index (χ2n) is 7.16. The number of nitrogens with one attached hydrogen (secondary N) is 1. The van der Waals surface area contributed by atoms with E-state index in [2.05, 4.69) is 22.4 Å². The van der Waals surface area contributed by atoms with Crippen LogP contribution in [0.3, 0.4) is 0 Å². The van der Waals surface area contributed by atoms with E-state index in [0.717, 1.165) is 31.5 Å². The number of amides is 2. The Morgan fingerprint density at radius 3 is 2.67 bits per heavy atom. The van der Waals surface area contributed by atoms with Gasteiger partial charge in [-0.25, -0.2) is 0 Å². The van der Waals surface area contributed by atoms with E-state index >= 15 is 0 Å². The smallest absolute Gasteiger partial charge is 0.222 e. The van der Waals surface area contributed by atoms with Crippen LogP contribution in [0.1, 0.15) is 43.5 Å². The molecule has 0 bridgehead atoms. The highest BCUT2D eigenvalue weighted by atomic mass is 16.2. The fraction of sp³-hybridized carbons (Fsp3) is 0.409. The zero-order chi connectivity index (χ0) is 19.1. The molecule has 0 unspecified atom stereocenters. The second-order valence-corrected chi connectivity index (χ2v) is 7.16. The number of likely N-dealkylation sites (tertiary alicyclic amines) is 1. The first-order valence-corrected chi connectivity index (χ1v) is 9.63. The molecular weight excluding hydrogens is 338 g/mol.